The van der Waals surface area contributed by atoms with E-state index in [1.165, 1.54) is 4.90 Å². The molecule has 1 fully saturated rings. The maximum Gasteiger partial charge on any atom is 0.239 e. The van der Waals surface area contributed by atoms with E-state index in [9.17, 15) is 13.2 Å². The summed E-state index contributed by atoms with van der Waals surface area (Å²) < 4.78 is 21.2. The first-order valence-electron chi connectivity index (χ1n) is 3.95. The van der Waals surface area contributed by atoms with E-state index in [-0.39, 0.29) is 18.2 Å². The Morgan fingerprint density at radius 1 is 1.54 bits per heavy atom. The molecule has 6 nitrogen and oxygen atoms in total. The van der Waals surface area contributed by atoms with Gasteiger partial charge in [0.05, 0.1) is 11.8 Å². The Morgan fingerprint density at radius 3 is 2.54 bits per heavy atom. The smallest absolute Gasteiger partial charge is 0.239 e. The second-order valence-corrected chi connectivity index (χ2v) is 4.82. The van der Waals surface area contributed by atoms with Gasteiger partial charge in [-0.2, -0.15) is 0 Å². The fraction of sp³-hybridized carbons (Fsp3) is 0.833. The first-order chi connectivity index (χ1) is 5.90. The normalized spacial score (nSPS) is 24.0. The molecular weight excluding hydrogens is 194 g/mol. The number of hydrogen-bond donors (Lipinski definition) is 2. The Balaban J connectivity index is 2.44. The van der Waals surface area contributed by atoms with Crippen LogP contribution < -0.4 is 10.9 Å². The Hall–Kier alpha value is -0.660. The van der Waals surface area contributed by atoms with Crippen LogP contribution in [0.15, 0.2) is 0 Å². The van der Waals surface area contributed by atoms with Crippen LogP contribution in [-0.2, 0) is 14.8 Å². The molecule has 1 saturated heterocycles. The highest BCUT2D eigenvalue weighted by atomic mass is 32.2. The molecule has 7 heteroatoms. The van der Waals surface area contributed by atoms with Crippen molar-refractivity contribution >= 4 is 15.9 Å². The summed E-state index contributed by atoms with van der Waals surface area (Å²) in [6.07, 6.45) is 0.587. The molecule has 0 saturated carbocycles. The highest BCUT2D eigenvalue weighted by Crippen LogP contribution is 2.08. The van der Waals surface area contributed by atoms with E-state index in [1.54, 1.807) is 0 Å². The van der Waals surface area contributed by atoms with E-state index in [2.05, 4.69) is 0 Å². The number of sulfonamides is 1. The quantitative estimate of drug-likeness (QED) is 0.549. The van der Waals surface area contributed by atoms with Crippen molar-refractivity contribution in [3.8, 4) is 0 Å². The van der Waals surface area contributed by atoms with Crippen molar-refractivity contribution in [2.24, 2.45) is 10.9 Å². The van der Waals surface area contributed by atoms with Gasteiger partial charge in [-0.3, -0.25) is 4.79 Å². The molecule has 0 aromatic carbocycles. The van der Waals surface area contributed by atoms with Crippen LogP contribution in [0.5, 0.6) is 0 Å². The molecule has 1 heterocycles. The maximum absolute atomic E-state index is 11.2. The molecule has 0 radical (unpaired) electrons. The van der Waals surface area contributed by atoms with Crippen LogP contribution in [0, 0.1) is 0 Å². The van der Waals surface area contributed by atoms with Crippen molar-refractivity contribution in [3.63, 3.8) is 0 Å². The number of primary sulfonamides is 1. The van der Waals surface area contributed by atoms with Gasteiger partial charge in [0.15, 0.2) is 0 Å². The fourth-order valence-electron chi connectivity index (χ4n) is 1.22. The van der Waals surface area contributed by atoms with Gasteiger partial charge in [0, 0.05) is 13.1 Å². The van der Waals surface area contributed by atoms with Crippen LogP contribution in [0.4, 0.5) is 0 Å². The van der Waals surface area contributed by atoms with Crippen LogP contribution in [-0.4, -0.2) is 44.1 Å². The minimum atomic E-state index is -3.49. The third kappa shape index (κ3) is 2.94. The molecule has 13 heavy (non-hydrogen) atoms. The molecule has 1 aliphatic rings. The standard InChI is InChI=1S/C6H13N3O3S/c7-5-1-2-9(6(5)10)3-4-13(8,11)12/h5H,1-4,7H2,(H2,8,11,12). The number of amides is 1. The summed E-state index contributed by atoms with van der Waals surface area (Å²) in [4.78, 5) is 12.6. The van der Waals surface area contributed by atoms with Gasteiger partial charge in [0.25, 0.3) is 0 Å². The molecule has 0 bridgehead atoms. The monoisotopic (exact) mass is 207 g/mol. The third-order valence-corrected chi connectivity index (χ3v) is 2.74. The van der Waals surface area contributed by atoms with Crippen molar-refractivity contribution in [2.45, 2.75) is 12.5 Å². The summed E-state index contributed by atoms with van der Waals surface area (Å²) in [5.74, 6) is -0.394. The van der Waals surface area contributed by atoms with Gasteiger partial charge in [0.2, 0.25) is 15.9 Å². The number of carbonyl (C=O) groups excluding carboxylic acids is 1. The van der Waals surface area contributed by atoms with Gasteiger partial charge in [0.1, 0.15) is 0 Å². The molecule has 0 spiro atoms. The lowest BCUT2D eigenvalue weighted by Crippen LogP contribution is -2.37. The predicted octanol–water partition coefficient (Wildman–Crippen LogP) is -2.17. The lowest BCUT2D eigenvalue weighted by Gasteiger charge is -2.14. The molecule has 76 valence electrons. The second-order valence-electron chi connectivity index (χ2n) is 3.09. The molecule has 1 unspecified atom stereocenters. The lowest BCUT2D eigenvalue weighted by molar-refractivity contribution is -0.128. The summed E-state index contributed by atoms with van der Waals surface area (Å²) >= 11 is 0. The molecule has 0 aromatic heterocycles. The molecule has 1 rings (SSSR count). The van der Waals surface area contributed by atoms with E-state index in [4.69, 9.17) is 10.9 Å². The predicted molar refractivity (Wildman–Crippen MR) is 47.1 cm³/mol. The van der Waals surface area contributed by atoms with Crippen molar-refractivity contribution in [2.75, 3.05) is 18.8 Å². The molecule has 0 aliphatic carbocycles. The molecule has 1 aliphatic heterocycles. The van der Waals surface area contributed by atoms with Gasteiger partial charge < -0.3 is 10.6 Å². The highest BCUT2D eigenvalue weighted by Gasteiger charge is 2.28. The van der Waals surface area contributed by atoms with Crippen molar-refractivity contribution < 1.29 is 13.2 Å². The minimum absolute atomic E-state index is 0.144. The number of rotatable bonds is 3. The largest absolute Gasteiger partial charge is 0.340 e. The Bertz CT molecular complexity index is 300. The fourth-order valence-corrected chi connectivity index (χ4v) is 1.70. The van der Waals surface area contributed by atoms with Crippen molar-refractivity contribution in [1.29, 1.82) is 0 Å². The summed E-state index contributed by atoms with van der Waals surface area (Å²) in [7, 11) is -3.49. The van der Waals surface area contributed by atoms with Gasteiger partial charge in [-0.15, -0.1) is 0 Å². The first-order valence-corrected chi connectivity index (χ1v) is 5.66. The van der Waals surface area contributed by atoms with E-state index in [0.717, 1.165) is 0 Å². The van der Waals surface area contributed by atoms with E-state index < -0.39 is 16.1 Å². The Morgan fingerprint density at radius 2 is 2.15 bits per heavy atom. The SMILES string of the molecule is NC1CCN(CCS(N)(=O)=O)C1=O. The van der Waals surface area contributed by atoms with Gasteiger partial charge in [-0.1, -0.05) is 0 Å². The second kappa shape index (κ2) is 3.60. The molecule has 1 atom stereocenters. The van der Waals surface area contributed by atoms with E-state index in [0.29, 0.717) is 13.0 Å². The number of nitrogens with two attached hydrogens (primary N) is 2. The van der Waals surface area contributed by atoms with E-state index >= 15 is 0 Å². The Labute approximate surface area is 76.9 Å². The zero-order valence-electron chi connectivity index (χ0n) is 7.14. The van der Waals surface area contributed by atoms with Crippen LogP contribution >= 0.6 is 0 Å². The van der Waals surface area contributed by atoms with E-state index in [1.807, 2.05) is 0 Å². The number of nitrogens with zero attached hydrogens (tertiary/aromatic N) is 1. The summed E-state index contributed by atoms with van der Waals surface area (Å²) in [6.45, 7) is 0.668. The van der Waals surface area contributed by atoms with Crippen LogP contribution in [0.1, 0.15) is 6.42 Å². The van der Waals surface area contributed by atoms with Crippen LogP contribution in [0.3, 0.4) is 0 Å². The zero-order valence-corrected chi connectivity index (χ0v) is 7.96. The van der Waals surface area contributed by atoms with Crippen LogP contribution in [0.2, 0.25) is 0 Å². The Kier molecular flexibility index (Phi) is 2.89. The molecular formula is C6H13N3O3S. The van der Waals surface area contributed by atoms with Crippen molar-refractivity contribution in [1.82, 2.24) is 4.90 Å². The van der Waals surface area contributed by atoms with Crippen molar-refractivity contribution in [3.05, 3.63) is 0 Å². The summed E-state index contributed by atoms with van der Waals surface area (Å²) in [5.41, 5.74) is 5.44. The minimum Gasteiger partial charge on any atom is -0.340 e. The first kappa shape index (κ1) is 10.4. The average Bonchev–Trinajstić information content (AvgIpc) is 2.29. The average molecular weight is 207 g/mol. The van der Waals surface area contributed by atoms with Gasteiger partial charge in [-0.25, -0.2) is 13.6 Å². The third-order valence-electron chi connectivity index (χ3n) is 1.98. The number of likely N-dealkylation sites (tertiary alicyclic amines) is 1. The molecule has 4 N–H and O–H groups in total. The van der Waals surface area contributed by atoms with Gasteiger partial charge >= 0.3 is 0 Å². The number of carbonyl (C=O) groups is 1. The van der Waals surface area contributed by atoms with Crippen LogP contribution in [0.25, 0.3) is 0 Å². The highest BCUT2D eigenvalue weighted by molar-refractivity contribution is 7.89. The molecule has 1 amide bonds. The lowest BCUT2D eigenvalue weighted by atomic mass is 10.3. The van der Waals surface area contributed by atoms with Gasteiger partial charge in [-0.05, 0) is 6.42 Å². The number of hydrogen-bond acceptors (Lipinski definition) is 4. The summed E-state index contributed by atoms with van der Waals surface area (Å²) in [6, 6.07) is -0.472. The maximum atomic E-state index is 11.2. The zero-order chi connectivity index (χ0) is 10.1. The molecule has 0 aromatic rings. The topological polar surface area (TPSA) is 106 Å². The summed E-state index contributed by atoms with van der Waals surface area (Å²) in [5, 5.41) is 4.80.